The lowest BCUT2D eigenvalue weighted by atomic mass is 9.72. The van der Waals surface area contributed by atoms with Gasteiger partial charge in [-0.3, -0.25) is 19.1 Å². The third-order valence-corrected chi connectivity index (χ3v) is 8.19. The molecule has 9 nitrogen and oxygen atoms in total. The Labute approximate surface area is 227 Å². The highest BCUT2D eigenvalue weighted by Crippen LogP contribution is 2.57. The van der Waals surface area contributed by atoms with E-state index in [9.17, 15) is 14.4 Å². The van der Waals surface area contributed by atoms with E-state index in [-0.39, 0.29) is 30.2 Å². The number of nitrogens with zero attached hydrogens (tertiary/aromatic N) is 4. The minimum Gasteiger partial charge on any atom is -0.494 e. The monoisotopic (exact) mass is 527 g/mol. The smallest absolute Gasteiger partial charge is 0.272 e. The van der Waals surface area contributed by atoms with Crippen LogP contribution in [0.5, 0.6) is 5.75 Å². The Balaban J connectivity index is 1.53. The molecule has 2 atom stereocenters. The quantitative estimate of drug-likeness (QED) is 0.552. The number of fused-ring (bicyclic) bond motifs is 6. The van der Waals surface area contributed by atoms with Crippen molar-refractivity contribution in [1.29, 1.82) is 0 Å². The lowest BCUT2D eigenvalue weighted by molar-refractivity contribution is -0.127. The number of ether oxygens (including phenoxy) is 1. The number of rotatable bonds is 2. The molecular weight excluding hydrogens is 494 g/mol. The van der Waals surface area contributed by atoms with Gasteiger partial charge in [0, 0.05) is 25.8 Å². The molecule has 39 heavy (non-hydrogen) atoms. The number of aromatic nitrogens is 2. The predicted molar refractivity (Wildman–Crippen MR) is 146 cm³/mol. The van der Waals surface area contributed by atoms with Gasteiger partial charge in [-0.25, -0.2) is 0 Å². The third-order valence-electron chi connectivity index (χ3n) is 8.19. The van der Waals surface area contributed by atoms with E-state index in [1.807, 2.05) is 73.3 Å². The first-order valence-corrected chi connectivity index (χ1v) is 13.6. The average Bonchev–Trinajstić information content (AvgIpc) is 3.58. The molecule has 1 N–H and O–H groups in total. The summed E-state index contributed by atoms with van der Waals surface area (Å²) in [5.74, 6) is 0.296. The second-order valence-corrected chi connectivity index (χ2v) is 10.9. The SMILES string of the molecule is CC(C)c1cc(C(=O)N2CC[C@]34C(=O)N(CC(=O)NCCCOc5cccc(c5)[C@H]23)c2ccccc24)n(C)n1. The number of carbonyl (C=O) groups is 3. The van der Waals surface area contributed by atoms with Crippen molar-refractivity contribution in [2.75, 3.05) is 31.1 Å². The highest BCUT2D eigenvalue weighted by molar-refractivity contribution is 6.12. The molecule has 1 fully saturated rings. The average molecular weight is 528 g/mol. The van der Waals surface area contributed by atoms with Crippen LogP contribution in [0.15, 0.2) is 54.6 Å². The summed E-state index contributed by atoms with van der Waals surface area (Å²) < 4.78 is 7.64. The van der Waals surface area contributed by atoms with Crippen LogP contribution in [0.4, 0.5) is 5.69 Å². The second kappa shape index (κ2) is 9.55. The summed E-state index contributed by atoms with van der Waals surface area (Å²) in [5.41, 5.74) is 2.69. The molecule has 202 valence electrons. The summed E-state index contributed by atoms with van der Waals surface area (Å²) in [4.78, 5) is 45.0. The van der Waals surface area contributed by atoms with Gasteiger partial charge < -0.3 is 19.9 Å². The van der Waals surface area contributed by atoms with Crippen LogP contribution in [-0.4, -0.2) is 58.6 Å². The minimum atomic E-state index is -1.03. The van der Waals surface area contributed by atoms with Crippen LogP contribution in [0.1, 0.15) is 66.0 Å². The predicted octanol–water partition coefficient (Wildman–Crippen LogP) is 3.31. The van der Waals surface area contributed by atoms with E-state index in [1.165, 1.54) is 0 Å². The summed E-state index contributed by atoms with van der Waals surface area (Å²) in [6, 6.07) is 16.6. The van der Waals surface area contributed by atoms with E-state index < -0.39 is 11.5 Å². The van der Waals surface area contributed by atoms with Crippen LogP contribution in [0.3, 0.4) is 0 Å². The molecule has 1 aromatic heterocycles. The number of hydrogen-bond donors (Lipinski definition) is 1. The first-order chi connectivity index (χ1) is 18.8. The van der Waals surface area contributed by atoms with Crippen LogP contribution in [0.2, 0.25) is 0 Å². The molecule has 3 amide bonds. The molecular formula is C30H33N5O4. The number of amides is 3. The van der Waals surface area contributed by atoms with Gasteiger partial charge in [0.15, 0.2) is 0 Å². The van der Waals surface area contributed by atoms with Gasteiger partial charge in [0.1, 0.15) is 23.4 Å². The summed E-state index contributed by atoms with van der Waals surface area (Å²) in [5, 5.41) is 7.48. The number of likely N-dealkylation sites (tertiary alicyclic amines) is 1. The summed E-state index contributed by atoms with van der Waals surface area (Å²) >= 11 is 0. The number of anilines is 1. The van der Waals surface area contributed by atoms with Crippen molar-refractivity contribution in [3.05, 3.63) is 77.1 Å². The zero-order valence-electron chi connectivity index (χ0n) is 22.5. The first-order valence-electron chi connectivity index (χ1n) is 13.6. The molecule has 2 aromatic carbocycles. The zero-order valence-corrected chi connectivity index (χ0v) is 22.5. The molecule has 3 aliphatic rings. The van der Waals surface area contributed by atoms with Crippen molar-refractivity contribution < 1.29 is 19.1 Å². The van der Waals surface area contributed by atoms with Gasteiger partial charge in [0.05, 0.1) is 18.3 Å². The van der Waals surface area contributed by atoms with E-state index in [4.69, 9.17) is 4.74 Å². The number of hydrogen-bond acceptors (Lipinski definition) is 5. The normalized spacial score (nSPS) is 22.7. The lowest BCUT2D eigenvalue weighted by Crippen LogP contribution is -2.48. The summed E-state index contributed by atoms with van der Waals surface area (Å²) in [7, 11) is 1.78. The fraction of sp³-hybridized carbons (Fsp3) is 0.400. The molecule has 3 aliphatic heterocycles. The van der Waals surface area contributed by atoms with E-state index in [2.05, 4.69) is 10.4 Å². The topological polar surface area (TPSA) is 96.8 Å². The van der Waals surface area contributed by atoms with Gasteiger partial charge in [-0.2, -0.15) is 5.10 Å². The summed E-state index contributed by atoms with van der Waals surface area (Å²) in [6.45, 7) is 5.31. The van der Waals surface area contributed by atoms with E-state index >= 15 is 0 Å². The highest BCUT2D eigenvalue weighted by atomic mass is 16.5. The van der Waals surface area contributed by atoms with E-state index in [1.54, 1.807) is 16.6 Å². The Hall–Kier alpha value is -4.14. The zero-order chi connectivity index (χ0) is 27.3. The van der Waals surface area contributed by atoms with Crippen LogP contribution in [-0.2, 0) is 22.1 Å². The largest absolute Gasteiger partial charge is 0.494 e. The minimum absolute atomic E-state index is 0.0708. The Morgan fingerprint density at radius 3 is 2.74 bits per heavy atom. The number of carbonyl (C=O) groups excluding carboxylic acids is 3. The molecule has 4 bridgehead atoms. The lowest BCUT2D eigenvalue weighted by Gasteiger charge is -2.35. The first kappa shape index (κ1) is 25.2. The molecule has 6 rings (SSSR count). The summed E-state index contributed by atoms with van der Waals surface area (Å²) in [6.07, 6.45) is 1.08. The van der Waals surface area contributed by atoms with Gasteiger partial charge in [-0.1, -0.05) is 44.2 Å². The molecule has 4 heterocycles. The molecule has 0 unspecified atom stereocenters. The molecule has 0 saturated carbocycles. The second-order valence-electron chi connectivity index (χ2n) is 10.9. The van der Waals surface area contributed by atoms with Crippen LogP contribution < -0.4 is 15.0 Å². The fourth-order valence-corrected chi connectivity index (χ4v) is 6.31. The number of para-hydroxylation sites is 1. The Kier molecular flexibility index (Phi) is 6.16. The van der Waals surface area contributed by atoms with Crippen molar-refractivity contribution in [1.82, 2.24) is 20.0 Å². The molecule has 0 aliphatic carbocycles. The Morgan fingerprint density at radius 1 is 1.13 bits per heavy atom. The van der Waals surface area contributed by atoms with Crippen LogP contribution >= 0.6 is 0 Å². The standard InChI is InChI=1S/C30H33N5O4/c1-19(2)23-17-25(33(3)32-23)28(37)34-14-12-30-22-10-4-5-11-24(22)35(29(30)38)18-26(36)31-13-7-15-39-21-9-6-8-20(16-21)27(30)34/h4-6,8-11,16-17,19,27H,7,12-15,18H2,1-3H3,(H,31,36)/t27-,30+/m0/s1. The van der Waals surface area contributed by atoms with Gasteiger partial charge in [-0.05, 0) is 54.2 Å². The molecule has 0 radical (unpaired) electrons. The van der Waals surface area contributed by atoms with Gasteiger partial charge in [0.25, 0.3) is 5.91 Å². The number of aryl methyl sites for hydroxylation is 1. The maximum absolute atomic E-state index is 14.5. The Morgan fingerprint density at radius 2 is 1.95 bits per heavy atom. The Bertz CT molecular complexity index is 1460. The molecule has 3 aromatic rings. The molecule has 1 saturated heterocycles. The van der Waals surface area contributed by atoms with E-state index in [0.717, 1.165) is 22.5 Å². The van der Waals surface area contributed by atoms with Crippen LogP contribution in [0.25, 0.3) is 0 Å². The van der Waals surface area contributed by atoms with Crippen molar-refractivity contribution in [3.63, 3.8) is 0 Å². The fourth-order valence-electron chi connectivity index (χ4n) is 6.31. The van der Waals surface area contributed by atoms with Gasteiger partial charge >= 0.3 is 0 Å². The number of benzene rings is 2. The van der Waals surface area contributed by atoms with Crippen molar-refractivity contribution in [2.24, 2.45) is 7.05 Å². The van der Waals surface area contributed by atoms with Crippen molar-refractivity contribution in [3.8, 4) is 5.75 Å². The number of nitrogens with one attached hydrogen (secondary N) is 1. The van der Waals surface area contributed by atoms with E-state index in [0.29, 0.717) is 44.0 Å². The third kappa shape index (κ3) is 3.99. The van der Waals surface area contributed by atoms with Gasteiger partial charge in [-0.15, -0.1) is 0 Å². The van der Waals surface area contributed by atoms with Crippen molar-refractivity contribution in [2.45, 2.75) is 44.1 Å². The van der Waals surface area contributed by atoms with Gasteiger partial charge in [0.2, 0.25) is 11.8 Å². The highest BCUT2D eigenvalue weighted by Gasteiger charge is 2.62. The van der Waals surface area contributed by atoms with Crippen molar-refractivity contribution >= 4 is 23.4 Å². The molecule has 9 heteroatoms. The van der Waals surface area contributed by atoms with Crippen LogP contribution in [0, 0.1) is 0 Å². The molecule has 1 spiro atoms. The maximum Gasteiger partial charge on any atom is 0.272 e. The maximum atomic E-state index is 14.5.